The lowest BCUT2D eigenvalue weighted by atomic mass is 10.1. The Morgan fingerprint density at radius 1 is 1.05 bits per heavy atom. The molecule has 0 amide bonds. The summed E-state index contributed by atoms with van der Waals surface area (Å²) in [5, 5.41) is 11.7. The van der Waals surface area contributed by atoms with Gasteiger partial charge < -0.3 is 15.5 Å². The molecule has 0 radical (unpaired) electrons. The molecule has 3 aromatic rings. The van der Waals surface area contributed by atoms with Crippen LogP contribution >= 0.6 is 11.6 Å². The van der Waals surface area contributed by atoms with Crippen LogP contribution in [-0.4, -0.2) is 10.2 Å². The first-order valence-electron chi connectivity index (χ1n) is 6.84. The fraction of sp³-hybridized carbons (Fsp3) is 0.125. The number of anilines is 1. The monoisotopic (exact) mass is 314 g/mol. The normalized spacial score (nSPS) is 12.1. The maximum Gasteiger partial charge on any atom is 0.315 e. The van der Waals surface area contributed by atoms with E-state index in [-0.39, 0.29) is 0 Å². The Balaban J connectivity index is 1.65. The number of nitrogens with two attached hydrogens (primary N) is 1. The van der Waals surface area contributed by atoms with Crippen LogP contribution in [0, 0.1) is 0 Å². The molecule has 6 heteroatoms. The molecule has 3 N–H and O–H groups in total. The molecule has 1 aromatic heterocycles. The molecule has 0 fully saturated rings. The molecule has 5 nitrogen and oxygen atoms in total. The van der Waals surface area contributed by atoms with Gasteiger partial charge in [0.2, 0.25) is 5.89 Å². The van der Waals surface area contributed by atoms with Crippen molar-refractivity contribution in [3.63, 3.8) is 0 Å². The highest BCUT2D eigenvalue weighted by Gasteiger charge is 2.16. The summed E-state index contributed by atoms with van der Waals surface area (Å²) in [5.74, 6) is 0.379. The van der Waals surface area contributed by atoms with Crippen molar-refractivity contribution >= 4 is 17.6 Å². The first-order valence-corrected chi connectivity index (χ1v) is 7.22. The Bertz CT molecular complexity index is 727. The maximum absolute atomic E-state index is 6.11. The lowest BCUT2D eigenvalue weighted by Crippen LogP contribution is -2.12. The van der Waals surface area contributed by atoms with Crippen molar-refractivity contribution in [3.8, 4) is 0 Å². The molecule has 1 heterocycles. The number of nitrogens with one attached hydrogen (secondary N) is 1. The molecule has 0 aliphatic rings. The second-order valence-electron chi connectivity index (χ2n) is 4.81. The molecule has 1 unspecified atom stereocenters. The number of hydrogen-bond donors (Lipinski definition) is 2. The van der Waals surface area contributed by atoms with Gasteiger partial charge in [0.15, 0.2) is 0 Å². The van der Waals surface area contributed by atoms with Gasteiger partial charge in [0.05, 0.1) is 0 Å². The number of halogens is 1. The molecule has 3 rings (SSSR count). The van der Waals surface area contributed by atoms with E-state index in [1.54, 1.807) is 0 Å². The molecular formula is C16H15ClN4O. The average Bonchev–Trinajstić information content (AvgIpc) is 3.03. The van der Waals surface area contributed by atoms with Gasteiger partial charge in [-0.2, -0.15) is 0 Å². The predicted molar refractivity (Wildman–Crippen MR) is 85.5 cm³/mol. The van der Waals surface area contributed by atoms with Gasteiger partial charge in [-0.15, -0.1) is 5.10 Å². The zero-order valence-corrected chi connectivity index (χ0v) is 12.5. The van der Waals surface area contributed by atoms with Gasteiger partial charge in [-0.1, -0.05) is 59.2 Å². The molecule has 0 aliphatic heterocycles. The van der Waals surface area contributed by atoms with Crippen LogP contribution in [0.15, 0.2) is 59.0 Å². The first-order chi connectivity index (χ1) is 10.7. The Labute approximate surface area is 133 Å². The lowest BCUT2D eigenvalue weighted by molar-refractivity contribution is 0.483. The van der Waals surface area contributed by atoms with E-state index in [2.05, 4.69) is 15.5 Å². The van der Waals surface area contributed by atoms with Crippen LogP contribution in [0.5, 0.6) is 0 Å². The van der Waals surface area contributed by atoms with Crippen molar-refractivity contribution in [1.82, 2.24) is 10.2 Å². The number of hydrogen-bond acceptors (Lipinski definition) is 5. The van der Waals surface area contributed by atoms with Crippen LogP contribution in [0.25, 0.3) is 0 Å². The van der Waals surface area contributed by atoms with E-state index >= 15 is 0 Å². The molecule has 0 saturated heterocycles. The van der Waals surface area contributed by atoms with Crippen molar-refractivity contribution in [2.75, 3.05) is 5.32 Å². The second-order valence-corrected chi connectivity index (χ2v) is 5.25. The van der Waals surface area contributed by atoms with Crippen molar-refractivity contribution in [2.24, 2.45) is 5.73 Å². The molecule has 0 saturated carbocycles. The highest BCUT2D eigenvalue weighted by Crippen LogP contribution is 2.20. The third kappa shape index (κ3) is 3.44. The fourth-order valence-corrected chi connectivity index (χ4v) is 2.14. The van der Waals surface area contributed by atoms with Crippen LogP contribution in [0.1, 0.15) is 23.1 Å². The van der Waals surface area contributed by atoms with Crippen LogP contribution in [0.3, 0.4) is 0 Å². The van der Waals surface area contributed by atoms with Gasteiger partial charge in [0.1, 0.15) is 6.04 Å². The maximum atomic E-state index is 6.11. The van der Waals surface area contributed by atoms with Crippen molar-refractivity contribution in [2.45, 2.75) is 12.6 Å². The molecule has 1 atom stereocenters. The van der Waals surface area contributed by atoms with E-state index in [9.17, 15) is 0 Å². The Kier molecular flexibility index (Phi) is 4.37. The SMILES string of the molecule is NC(c1ccccc1)c1nnc(NCc2ccc(Cl)cc2)o1. The smallest absolute Gasteiger partial charge is 0.315 e. The molecule has 2 aromatic carbocycles. The fourth-order valence-electron chi connectivity index (χ4n) is 2.01. The first kappa shape index (κ1) is 14.6. The highest BCUT2D eigenvalue weighted by atomic mass is 35.5. The van der Waals surface area contributed by atoms with E-state index in [0.717, 1.165) is 11.1 Å². The average molecular weight is 315 g/mol. The predicted octanol–water partition coefficient (Wildman–Crippen LogP) is 3.38. The van der Waals surface area contributed by atoms with Crippen LogP contribution in [-0.2, 0) is 6.54 Å². The molecule has 0 spiro atoms. The number of nitrogens with zero attached hydrogens (tertiary/aromatic N) is 2. The van der Waals surface area contributed by atoms with Crippen LogP contribution in [0.4, 0.5) is 6.01 Å². The number of benzene rings is 2. The second kappa shape index (κ2) is 6.60. The van der Waals surface area contributed by atoms with Crippen LogP contribution < -0.4 is 11.1 Å². The van der Waals surface area contributed by atoms with Gasteiger partial charge >= 0.3 is 6.01 Å². The Hall–Kier alpha value is -2.37. The zero-order valence-electron chi connectivity index (χ0n) is 11.7. The Morgan fingerprint density at radius 3 is 2.50 bits per heavy atom. The van der Waals surface area contributed by atoms with Gasteiger partial charge in [-0.05, 0) is 23.3 Å². The largest absolute Gasteiger partial charge is 0.406 e. The minimum atomic E-state index is -0.431. The molecule has 0 aliphatic carbocycles. The van der Waals surface area contributed by atoms with Gasteiger partial charge in [0.25, 0.3) is 0 Å². The van der Waals surface area contributed by atoms with E-state index in [0.29, 0.717) is 23.5 Å². The zero-order chi connectivity index (χ0) is 15.4. The van der Waals surface area contributed by atoms with E-state index in [4.69, 9.17) is 21.8 Å². The molecule has 0 bridgehead atoms. The minimum Gasteiger partial charge on any atom is -0.406 e. The number of aromatic nitrogens is 2. The van der Waals surface area contributed by atoms with Gasteiger partial charge in [-0.3, -0.25) is 0 Å². The minimum absolute atomic E-state index is 0.344. The third-order valence-electron chi connectivity index (χ3n) is 3.22. The van der Waals surface area contributed by atoms with Crippen molar-refractivity contribution < 1.29 is 4.42 Å². The van der Waals surface area contributed by atoms with E-state index in [1.807, 2.05) is 54.6 Å². The van der Waals surface area contributed by atoms with E-state index < -0.39 is 6.04 Å². The summed E-state index contributed by atoms with van der Waals surface area (Å²) in [7, 11) is 0. The van der Waals surface area contributed by atoms with E-state index in [1.165, 1.54) is 0 Å². The quantitative estimate of drug-likeness (QED) is 0.755. The lowest BCUT2D eigenvalue weighted by Gasteiger charge is -2.06. The summed E-state index contributed by atoms with van der Waals surface area (Å²) in [6.45, 7) is 0.569. The number of rotatable bonds is 5. The van der Waals surface area contributed by atoms with Crippen LogP contribution in [0.2, 0.25) is 5.02 Å². The molecule has 112 valence electrons. The molecular weight excluding hydrogens is 300 g/mol. The molecule has 22 heavy (non-hydrogen) atoms. The Morgan fingerprint density at radius 2 is 1.77 bits per heavy atom. The van der Waals surface area contributed by atoms with Gasteiger partial charge in [-0.25, -0.2) is 0 Å². The highest BCUT2D eigenvalue weighted by molar-refractivity contribution is 6.30. The summed E-state index contributed by atoms with van der Waals surface area (Å²) in [6, 6.07) is 17.1. The van der Waals surface area contributed by atoms with Crippen molar-refractivity contribution in [3.05, 3.63) is 76.6 Å². The summed E-state index contributed by atoms with van der Waals surface area (Å²) in [6.07, 6.45) is 0. The van der Waals surface area contributed by atoms with Crippen molar-refractivity contribution in [1.29, 1.82) is 0 Å². The standard InChI is InChI=1S/C16H15ClN4O/c17-13-8-6-11(7-9-13)10-19-16-21-20-15(22-16)14(18)12-4-2-1-3-5-12/h1-9,14H,10,18H2,(H,19,21). The summed E-state index contributed by atoms with van der Waals surface area (Å²) in [4.78, 5) is 0. The van der Waals surface area contributed by atoms with Gasteiger partial charge in [0, 0.05) is 11.6 Å². The summed E-state index contributed by atoms with van der Waals surface area (Å²) >= 11 is 5.85. The topological polar surface area (TPSA) is 77.0 Å². The summed E-state index contributed by atoms with van der Waals surface area (Å²) < 4.78 is 5.56. The summed E-state index contributed by atoms with van der Waals surface area (Å²) in [5.41, 5.74) is 8.11. The third-order valence-corrected chi connectivity index (χ3v) is 3.47.